The second-order valence-corrected chi connectivity index (χ2v) is 16.4. The second kappa shape index (κ2) is 16.3. The number of hydrogen-bond donors (Lipinski definition) is 4. The molecule has 0 bridgehead atoms. The van der Waals surface area contributed by atoms with Crippen molar-refractivity contribution in [1.29, 1.82) is 0 Å². The Morgan fingerprint density at radius 1 is 0.746 bits per heavy atom. The van der Waals surface area contributed by atoms with Crippen LogP contribution in [0.2, 0.25) is 0 Å². The summed E-state index contributed by atoms with van der Waals surface area (Å²) in [4.78, 5) is 74.0. The number of carbonyl (C=O) groups excluding carboxylic acids is 4. The maximum Gasteiger partial charge on any atom is 0.407 e. The quantitative estimate of drug-likeness (QED) is 0.134. The van der Waals surface area contributed by atoms with Crippen molar-refractivity contribution >= 4 is 35.4 Å². The van der Waals surface area contributed by atoms with E-state index in [-0.39, 0.29) is 35.7 Å². The summed E-state index contributed by atoms with van der Waals surface area (Å²) in [5.41, 5.74) is 6.86. The predicted octanol–water partition coefficient (Wildman–Crippen LogP) is 6.75. The van der Waals surface area contributed by atoms with Crippen molar-refractivity contribution in [2.45, 2.75) is 90.4 Å². The van der Waals surface area contributed by atoms with E-state index < -0.39 is 24.3 Å². The number of amides is 4. The van der Waals surface area contributed by atoms with Gasteiger partial charge in [0.15, 0.2) is 11.5 Å². The average molecular weight is 808 g/mol. The number of methoxy groups -OCH3 is 2. The Kier molecular flexibility index (Phi) is 11.0. The minimum atomic E-state index is -0.705. The van der Waals surface area contributed by atoms with Gasteiger partial charge in [0.2, 0.25) is 11.8 Å². The van der Waals surface area contributed by atoms with E-state index in [1.54, 1.807) is 6.20 Å². The van der Waals surface area contributed by atoms with Gasteiger partial charge in [0.1, 0.15) is 23.7 Å². The lowest BCUT2D eigenvalue weighted by molar-refractivity contribution is -0.136. The highest BCUT2D eigenvalue weighted by molar-refractivity contribution is 5.89. The monoisotopic (exact) mass is 807 g/mol. The lowest BCUT2D eigenvalue weighted by atomic mass is 9.92. The number of aromatic amines is 2. The predicted molar refractivity (Wildman–Crippen MR) is 219 cm³/mol. The van der Waals surface area contributed by atoms with Crippen molar-refractivity contribution in [2.24, 2.45) is 11.8 Å². The van der Waals surface area contributed by atoms with Crippen LogP contribution in [0.25, 0.3) is 22.5 Å². The summed E-state index contributed by atoms with van der Waals surface area (Å²) in [6.45, 7) is 9.62. The maximum absolute atomic E-state index is 13.7. The largest absolute Gasteiger partial charge is 0.453 e. The number of H-pyrrole nitrogens is 2. The van der Waals surface area contributed by atoms with Crippen LogP contribution < -0.4 is 20.3 Å². The average Bonchev–Trinajstić information content (AvgIpc) is 4.08. The first-order valence-electron chi connectivity index (χ1n) is 20.6. The summed E-state index contributed by atoms with van der Waals surface area (Å²) in [6, 6.07) is 8.40. The van der Waals surface area contributed by atoms with E-state index in [0.717, 1.165) is 96.3 Å². The molecule has 4 amide bonds. The summed E-state index contributed by atoms with van der Waals surface area (Å²) in [5.74, 6) is 2.42. The van der Waals surface area contributed by atoms with Crippen LogP contribution in [0, 0.1) is 11.8 Å². The summed E-state index contributed by atoms with van der Waals surface area (Å²) in [5, 5.41) is 5.43. The van der Waals surface area contributed by atoms with Crippen LogP contribution >= 0.6 is 0 Å². The molecule has 59 heavy (non-hydrogen) atoms. The minimum absolute atomic E-state index is 0.117. The Morgan fingerprint density at radius 3 is 1.90 bits per heavy atom. The third-order valence-corrected chi connectivity index (χ3v) is 12.1. The van der Waals surface area contributed by atoms with Crippen LogP contribution in [0.4, 0.5) is 21.0 Å². The summed E-state index contributed by atoms with van der Waals surface area (Å²) >= 11 is 0. The van der Waals surface area contributed by atoms with Gasteiger partial charge in [-0.2, -0.15) is 0 Å². The number of hydrogen-bond acceptors (Lipinski definition) is 10. The molecule has 6 heterocycles. The van der Waals surface area contributed by atoms with Crippen molar-refractivity contribution in [3.05, 3.63) is 59.9 Å². The van der Waals surface area contributed by atoms with Gasteiger partial charge in [-0.25, -0.2) is 19.6 Å². The zero-order valence-electron chi connectivity index (χ0n) is 34.5. The molecule has 312 valence electrons. The molecule has 8 rings (SSSR count). The molecule has 16 nitrogen and oxygen atoms in total. The van der Waals surface area contributed by atoms with Gasteiger partial charge in [0.25, 0.3) is 0 Å². The van der Waals surface area contributed by atoms with Gasteiger partial charge in [-0.05, 0) is 80.2 Å². The van der Waals surface area contributed by atoms with E-state index in [1.807, 2.05) is 55.8 Å². The highest BCUT2D eigenvalue weighted by Gasteiger charge is 2.40. The number of fused-ring (bicyclic) bond motifs is 2. The van der Waals surface area contributed by atoms with Crippen molar-refractivity contribution in [1.82, 2.24) is 40.4 Å². The van der Waals surface area contributed by atoms with E-state index in [9.17, 15) is 19.2 Å². The van der Waals surface area contributed by atoms with E-state index >= 15 is 0 Å². The molecule has 4 aromatic rings. The molecule has 4 N–H and O–H groups in total. The van der Waals surface area contributed by atoms with Crippen molar-refractivity contribution in [3.63, 3.8) is 0 Å². The molecule has 0 saturated carbocycles. The number of alkyl carbamates (subject to hydrolysis) is 2. The first kappa shape index (κ1) is 39.8. The van der Waals surface area contributed by atoms with Gasteiger partial charge in [-0.1, -0.05) is 33.8 Å². The van der Waals surface area contributed by atoms with E-state index in [2.05, 4.69) is 43.7 Å². The Morgan fingerprint density at radius 2 is 1.32 bits per heavy atom. The van der Waals surface area contributed by atoms with E-state index in [4.69, 9.17) is 24.2 Å². The molecule has 4 unspecified atom stereocenters. The molecule has 4 atom stereocenters. The molecular weight excluding hydrogens is 755 g/mol. The first-order chi connectivity index (χ1) is 28.5. The lowest BCUT2D eigenvalue weighted by Crippen LogP contribution is -2.51. The molecule has 0 aliphatic carbocycles. The van der Waals surface area contributed by atoms with Crippen LogP contribution in [0.1, 0.15) is 89.1 Å². The third kappa shape index (κ3) is 7.44. The standard InChI is InChI=1S/C43H53N9O7/c1-23(2)35(48-42(55)57-5)40(53)51-18-8-11-31(51)38-44-21-28(46-38)25-13-15-30-34(20-25)59-33-16-14-26(27-10-7-17-50(30)37(27)33)29-22-45-39(47-29)32-12-9-19-52(32)41(54)36(24(3)4)49-43(56)58-6/h13-16,20-24,31-32,35-36H,7-12,17-19H2,1-6H3,(H,44,46)(H,45,47)(H,48,55)(H,49,56). The molecule has 2 saturated heterocycles. The molecule has 4 aliphatic heterocycles. The number of benzene rings is 2. The third-order valence-electron chi connectivity index (χ3n) is 12.1. The molecule has 4 aliphatic rings. The normalized spacial score (nSPS) is 19.2. The lowest BCUT2D eigenvalue weighted by Gasteiger charge is -2.38. The Bertz CT molecular complexity index is 2250. The van der Waals surface area contributed by atoms with Gasteiger partial charge < -0.3 is 49.5 Å². The number of imidazole rings is 2. The summed E-state index contributed by atoms with van der Waals surface area (Å²) < 4.78 is 16.2. The first-order valence-corrected chi connectivity index (χ1v) is 20.6. The maximum atomic E-state index is 13.7. The fourth-order valence-electron chi connectivity index (χ4n) is 9.05. The molecule has 2 fully saturated rings. The summed E-state index contributed by atoms with van der Waals surface area (Å²) in [6.07, 6.45) is 7.42. The van der Waals surface area contributed by atoms with Crippen molar-refractivity contribution in [2.75, 3.05) is 38.8 Å². The zero-order chi connectivity index (χ0) is 41.5. The number of rotatable bonds is 10. The number of ether oxygens (including phenoxy) is 3. The van der Waals surface area contributed by atoms with Gasteiger partial charge in [-0.3, -0.25) is 9.59 Å². The molecule has 16 heteroatoms. The number of likely N-dealkylation sites (tertiary alicyclic amines) is 2. The topological polar surface area (TPSA) is 187 Å². The summed E-state index contributed by atoms with van der Waals surface area (Å²) in [7, 11) is 2.58. The van der Waals surface area contributed by atoms with Crippen LogP contribution in [0.5, 0.6) is 11.5 Å². The van der Waals surface area contributed by atoms with Crippen LogP contribution in [0.3, 0.4) is 0 Å². The SMILES string of the molecule is COC(=O)NC(C(=O)N1CCCC1c1ncc(-c2ccc3c(c2)Oc2ccc(-c4cnc(C5CCCN5C(=O)C(NC(=O)OC)C(C)C)[nH]4)c4c2N3CCC4)[nH]1)C(C)C. The fraction of sp³-hybridized carbons (Fsp3) is 0.488. The Balaban J connectivity index is 1.01. The van der Waals surface area contributed by atoms with Crippen molar-refractivity contribution in [3.8, 4) is 34.0 Å². The van der Waals surface area contributed by atoms with E-state index in [0.29, 0.717) is 18.9 Å². The van der Waals surface area contributed by atoms with Gasteiger partial charge in [0, 0.05) is 30.8 Å². The molecule has 2 aromatic carbocycles. The van der Waals surface area contributed by atoms with Crippen LogP contribution in [0.15, 0.2) is 42.7 Å². The Labute approximate surface area is 343 Å². The number of anilines is 2. The van der Waals surface area contributed by atoms with Crippen LogP contribution in [-0.4, -0.2) is 99.7 Å². The van der Waals surface area contributed by atoms with Crippen LogP contribution in [-0.2, 0) is 25.5 Å². The molecule has 0 spiro atoms. The molecular formula is C43H53N9O7. The van der Waals surface area contributed by atoms with Crippen molar-refractivity contribution < 1.29 is 33.4 Å². The molecule has 2 aromatic heterocycles. The molecule has 0 radical (unpaired) electrons. The van der Waals surface area contributed by atoms with Gasteiger partial charge >= 0.3 is 12.2 Å². The smallest absolute Gasteiger partial charge is 0.407 e. The minimum Gasteiger partial charge on any atom is -0.453 e. The van der Waals surface area contributed by atoms with Gasteiger partial charge in [0.05, 0.1) is 61.5 Å². The number of aromatic nitrogens is 4. The van der Waals surface area contributed by atoms with Gasteiger partial charge in [-0.15, -0.1) is 0 Å². The van der Waals surface area contributed by atoms with E-state index in [1.165, 1.54) is 19.8 Å². The highest BCUT2D eigenvalue weighted by atomic mass is 16.5. The zero-order valence-corrected chi connectivity index (χ0v) is 34.5. The Hall–Kier alpha value is -6.06. The fourth-order valence-corrected chi connectivity index (χ4v) is 9.05. The second-order valence-electron chi connectivity index (χ2n) is 16.4. The highest BCUT2D eigenvalue weighted by Crippen LogP contribution is 2.53. The number of nitrogens with zero attached hydrogens (tertiary/aromatic N) is 5. The number of carbonyl (C=O) groups is 4. The number of nitrogens with one attached hydrogen (secondary N) is 4.